The molecular weight excluding hydrogens is 442 g/mol. The molecule has 0 aliphatic carbocycles. The lowest BCUT2D eigenvalue weighted by Crippen LogP contribution is -2.48. The number of hydrogen-bond donors (Lipinski definition) is 0. The predicted octanol–water partition coefficient (Wildman–Crippen LogP) is 4.35. The number of morpholine rings is 1. The number of benzene rings is 1. The standard InChI is InChI=1S/C24H27N3O3S2/c1-5-10-27-23(29)21-19(18-8-6-15(2)7-9-18)13-31-22(21)25-24(27)32-14-20(28)26-11-16(3)30-17(4)12-26/h5-9,13,16-17H,1,10-12,14H2,2-4H3. The van der Waals surface area contributed by atoms with Crippen LogP contribution >= 0.6 is 23.1 Å². The molecule has 6 nitrogen and oxygen atoms in total. The van der Waals surface area contributed by atoms with Crippen LogP contribution in [-0.2, 0) is 16.1 Å². The molecule has 0 spiro atoms. The van der Waals surface area contributed by atoms with Crippen LogP contribution in [0.25, 0.3) is 21.3 Å². The van der Waals surface area contributed by atoms with Crippen LogP contribution in [0.2, 0.25) is 0 Å². The van der Waals surface area contributed by atoms with Crippen LogP contribution in [0.15, 0.2) is 52.3 Å². The Morgan fingerprint density at radius 3 is 2.62 bits per heavy atom. The highest BCUT2D eigenvalue weighted by Gasteiger charge is 2.26. The SMILES string of the molecule is C=CCn1c(SCC(=O)N2CC(C)OC(C)C2)nc2scc(-c3ccc(C)cc3)c2c1=O. The Morgan fingerprint density at radius 1 is 1.28 bits per heavy atom. The fourth-order valence-corrected chi connectivity index (χ4v) is 5.85. The second kappa shape index (κ2) is 9.60. The van der Waals surface area contributed by atoms with Gasteiger partial charge in [0, 0.05) is 30.6 Å². The van der Waals surface area contributed by atoms with E-state index in [2.05, 4.69) is 6.58 Å². The maximum atomic E-state index is 13.5. The summed E-state index contributed by atoms with van der Waals surface area (Å²) in [4.78, 5) is 33.6. The van der Waals surface area contributed by atoms with Crippen molar-refractivity contribution in [3.8, 4) is 11.1 Å². The van der Waals surface area contributed by atoms with Gasteiger partial charge in [0.05, 0.1) is 23.3 Å². The van der Waals surface area contributed by atoms with Gasteiger partial charge < -0.3 is 9.64 Å². The van der Waals surface area contributed by atoms with Crippen molar-refractivity contribution in [3.63, 3.8) is 0 Å². The number of carbonyl (C=O) groups excluding carboxylic acids is 1. The number of carbonyl (C=O) groups is 1. The molecule has 0 saturated carbocycles. The molecule has 2 atom stereocenters. The maximum Gasteiger partial charge on any atom is 0.263 e. The molecule has 2 unspecified atom stereocenters. The molecule has 0 radical (unpaired) electrons. The number of ether oxygens (including phenoxy) is 1. The third-order valence-corrected chi connectivity index (χ3v) is 7.26. The number of amides is 1. The van der Waals surface area contributed by atoms with Crippen molar-refractivity contribution in [3.05, 3.63) is 58.2 Å². The van der Waals surface area contributed by atoms with Crippen molar-refractivity contribution in [2.24, 2.45) is 0 Å². The van der Waals surface area contributed by atoms with Gasteiger partial charge in [-0.25, -0.2) is 4.98 Å². The number of fused-ring (bicyclic) bond motifs is 1. The first-order valence-corrected chi connectivity index (χ1v) is 12.5. The summed E-state index contributed by atoms with van der Waals surface area (Å²) in [6.45, 7) is 11.3. The molecule has 0 N–H and O–H groups in total. The minimum absolute atomic E-state index is 0.0208. The van der Waals surface area contributed by atoms with Crippen LogP contribution in [0.4, 0.5) is 0 Å². The minimum atomic E-state index is -0.102. The minimum Gasteiger partial charge on any atom is -0.372 e. The first-order valence-electron chi connectivity index (χ1n) is 10.6. The molecule has 3 aromatic rings. The molecule has 4 rings (SSSR count). The van der Waals surface area contributed by atoms with Crippen LogP contribution in [-0.4, -0.2) is 51.4 Å². The van der Waals surface area contributed by atoms with Crippen LogP contribution in [0.3, 0.4) is 0 Å². The van der Waals surface area contributed by atoms with Crippen molar-refractivity contribution in [1.29, 1.82) is 0 Å². The third-order valence-electron chi connectivity index (χ3n) is 5.43. The maximum absolute atomic E-state index is 13.5. The number of aryl methyl sites for hydroxylation is 1. The summed E-state index contributed by atoms with van der Waals surface area (Å²) >= 11 is 2.76. The summed E-state index contributed by atoms with van der Waals surface area (Å²) in [5, 5.41) is 3.15. The van der Waals surface area contributed by atoms with Gasteiger partial charge >= 0.3 is 0 Å². The normalized spacial score (nSPS) is 18.8. The summed E-state index contributed by atoms with van der Waals surface area (Å²) in [5.74, 6) is 0.257. The highest BCUT2D eigenvalue weighted by Crippen LogP contribution is 2.32. The lowest BCUT2D eigenvalue weighted by Gasteiger charge is -2.35. The van der Waals surface area contributed by atoms with E-state index in [0.717, 1.165) is 11.1 Å². The zero-order valence-electron chi connectivity index (χ0n) is 18.5. The molecule has 8 heteroatoms. The van der Waals surface area contributed by atoms with E-state index in [9.17, 15) is 9.59 Å². The van der Waals surface area contributed by atoms with Crippen LogP contribution < -0.4 is 5.56 Å². The van der Waals surface area contributed by atoms with E-state index in [-0.39, 0.29) is 29.4 Å². The fraction of sp³-hybridized carbons (Fsp3) is 0.375. The molecule has 1 aromatic carbocycles. The second-order valence-corrected chi connectivity index (χ2v) is 9.94. The van der Waals surface area contributed by atoms with Gasteiger partial charge in [-0.1, -0.05) is 47.7 Å². The molecule has 1 amide bonds. The zero-order valence-corrected chi connectivity index (χ0v) is 20.2. The van der Waals surface area contributed by atoms with Crippen LogP contribution in [0.1, 0.15) is 19.4 Å². The van der Waals surface area contributed by atoms with E-state index in [1.807, 2.05) is 55.3 Å². The molecule has 1 aliphatic heterocycles. The van der Waals surface area contributed by atoms with Gasteiger partial charge in [0.1, 0.15) is 4.83 Å². The van der Waals surface area contributed by atoms with Gasteiger partial charge in [-0.2, -0.15) is 0 Å². The quantitative estimate of drug-likeness (QED) is 0.305. The fourth-order valence-electron chi connectivity index (χ4n) is 3.95. The van der Waals surface area contributed by atoms with Crippen LogP contribution in [0, 0.1) is 6.92 Å². The number of thiophene rings is 1. The van der Waals surface area contributed by atoms with E-state index in [4.69, 9.17) is 9.72 Å². The van der Waals surface area contributed by atoms with Gasteiger partial charge in [0.15, 0.2) is 5.16 Å². The molecule has 1 aliphatic rings. The number of aromatic nitrogens is 2. The highest BCUT2D eigenvalue weighted by atomic mass is 32.2. The largest absolute Gasteiger partial charge is 0.372 e. The van der Waals surface area contributed by atoms with Gasteiger partial charge in [-0.15, -0.1) is 17.9 Å². The Kier molecular flexibility index (Phi) is 6.83. The van der Waals surface area contributed by atoms with E-state index >= 15 is 0 Å². The number of hydrogen-bond acceptors (Lipinski definition) is 6. The van der Waals surface area contributed by atoms with E-state index in [0.29, 0.717) is 35.0 Å². The van der Waals surface area contributed by atoms with Crippen molar-refractivity contribution in [1.82, 2.24) is 14.5 Å². The van der Waals surface area contributed by atoms with Crippen molar-refractivity contribution >= 4 is 39.2 Å². The summed E-state index contributed by atoms with van der Waals surface area (Å²) in [6, 6.07) is 8.13. The third kappa shape index (κ3) is 4.67. The van der Waals surface area contributed by atoms with E-state index in [1.165, 1.54) is 28.7 Å². The number of thioether (sulfide) groups is 1. The molecular formula is C24H27N3O3S2. The molecule has 2 aromatic heterocycles. The average molecular weight is 470 g/mol. The first kappa shape index (κ1) is 22.8. The lowest BCUT2D eigenvalue weighted by atomic mass is 10.1. The Morgan fingerprint density at radius 2 is 1.97 bits per heavy atom. The Balaban J connectivity index is 1.64. The second-order valence-electron chi connectivity index (χ2n) is 8.14. The summed E-state index contributed by atoms with van der Waals surface area (Å²) in [6.07, 6.45) is 1.73. The molecule has 1 fully saturated rings. The monoisotopic (exact) mass is 469 g/mol. The Hall–Kier alpha value is -2.42. The first-order chi connectivity index (χ1) is 15.4. The van der Waals surface area contributed by atoms with Gasteiger partial charge in [0.2, 0.25) is 5.91 Å². The highest BCUT2D eigenvalue weighted by molar-refractivity contribution is 7.99. The van der Waals surface area contributed by atoms with E-state index in [1.54, 1.807) is 10.6 Å². The molecule has 3 heterocycles. The average Bonchev–Trinajstić information content (AvgIpc) is 3.18. The van der Waals surface area contributed by atoms with Crippen molar-refractivity contribution in [2.75, 3.05) is 18.8 Å². The molecule has 1 saturated heterocycles. The molecule has 32 heavy (non-hydrogen) atoms. The van der Waals surface area contributed by atoms with Gasteiger partial charge in [0.25, 0.3) is 5.56 Å². The van der Waals surface area contributed by atoms with Crippen molar-refractivity contribution < 1.29 is 9.53 Å². The summed E-state index contributed by atoms with van der Waals surface area (Å²) in [5.41, 5.74) is 2.96. The molecule has 168 valence electrons. The Labute approximate surface area is 195 Å². The van der Waals surface area contributed by atoms with E-state index < -0.39 is 0 Å². The smallest absolute Gasteiger partial charge is 0.263 e. The van der Waals surface area contributed by atoms with Gasteiger partial charge in [-0.05, 0) is 26.3 Å². The summed E-state index contributed by atoms with van der Waals surface area (Å²) in [7, 11) is 0. The van der Waals surface area contributed by atoms with Crippen molar-refractivity contribution in [2.45, 2.75) is 44.7 Å². The summed E-state index contributed by atoms with van der Waals surface area (Å²) < 4.78 is 7.33. The number of nitrogens with zero attached hydrogens (tertiary/aromatic N) is 3. The number of rotatable bonds is 6. The lowest BCUT2D eigenvalue weighted by molar-refractivity contribution is -0.140. The van der Waals surface area contributed by atoms with Crippen LogP contribution in [0.5, 0.6) is 0 Å². The number of allylic oxidation sites excluding steroid dienone is 1. The van der Waals surface area contributed by atoms with Gasteiger partial charge in [-0.3, -0.25) is 14.2 Å². The zero-order chi connectivity index (χ0) is 22.8. The predicted molar refractivity (Wildman–Crippen MR) is 132 cm³/mol. The Bertz CT molecular complexity index is 1190. The molecule has 0 bridgehead atoms. The topological polar surface area (TPSA) is 64.4 Å².